The van der Waals surface area contributed by atoms with Gasteiger partial charge < -0.3 is 15.2 Å². The molecule has 1 aliphatic carbocycles. The van der Waals surface area contributed by atoms with Crippen LogP contribution in [0.3, 0.4) is 0 Å². The van der Waals surface area contributed by atoms with Crippen LogP contribution in [0.2, 0.25) is 0 Å². The average Bonchev–Trinajstić information content (AvgIpc) is 3.13. The van der Waals surface area contributed by atoms with Crippen molar-refractivity contribution in [3.8, 4) is 0 Å². The second-order valence-corrected chi connectivity index (χ2v) is 8.55. The molecule has 0 radical (unpaired) electrons. The molecule has 154 valence electrons. The number of nitrogens with one attached hydrogen (secondary N) is 2. The fraction of sp³-hybridized carbons (Fsp3) is 0.524. The Kier molecular flexibility index (Phi) is 10.2. The largest absolute Gasteiger partial charge is 0.354 e. The summed E-state index contributed by atoms with van der Waals surface area (Å²) in [5.41, 5.74) is 1.28. The van der Waals surface area contributed by atoms with Gasteiger partial charge in [-0.2, -0.15) is 11.8 Å². The number of benzene rings is 1. The van der Waals surface area contributed by atoms with E-state index in [9.17, 15) is 0 Å². The van der Waals surface area contributed by atoms with Crippen LogP contribution in [-0.2, 0) is 13.1 Å². The van der Waals surface area contributed by atoms with Gasteiger partial charge in [0.2, 0.25) is 0 Å². The third-order valence-electron chi connectivity index (χ3n) is 5.00. The summed E-state index contributed by atoms with van der Waals surface area (Å²) in [5, 5.41) is 7.84. The monoisotopic (exact) mass is 513 g/mol. The third kappa shape index (κ3) is 6.99. The van der Waals surface area contributed by atoms with E-state index in [0.29, 0.717) is 12.6 Å². The van der Waals surface area contributed by atoms with Crippen LogP contribution in [0.1, 0.15) is 44.0 Å². The first-order valence-electron chi connectivity index (χ1n) is 9.91. The number of rotatable bonds is 7. The normalized spacial score (nSPS) is 19.7. The quantitative estimate of drug-likeness (QED) is 0.330. The summed E-state index contributed by atoms with van der Waals surface area (Å²) < 4.78 is 2.18. The topological polar surface area (TPSA) is 54.2 Å². The first-order valence-corrected chi connectivity index (χ1v) is 11.0. The lowest BCUT2D eigenvalue weighted by Crippen LogP contribution is -2.45. The maximum atomic E-state index is 4.52. The molecule has 0 spiro atoms. The number of imidazole rings is 1. The van der Waals surface area contributed by atoms with E-state index in [2.05, 4.69) is 68.1 Å². The van der Waals surface area contributed by atoms with E-state index in [-0.39, 0.29) is 24.0 Å². The van der Waals surface area contributed by atoms with Crippen LogP contribution in [0.4, 0.5) is 0 Å². The Morgan fingerprint density at radius 1 is 1.29 bits per heavy atom. The van der Waals surface area contributed by atoms with Crippen molar-refractivity contribution in [2.75, 3.05) is 12.8 Å². The minimum Gasteiger partial charge on any atom is -0.354 e. The van der Waals surface area contributed by atoms with E-state index in [4.69, 9.17) is 0 Å². The number of thioether (sulfide) groups is 1. The molecule has 2 unspecified atom stereocenters. The number of hydrogen-bond donors (Lipinski definition) is 2. The number of aromatic nitrogens is 2. The first-order chi connectivity index (χ1) is 13.3. The molecule has 1 heterocycles. The molecule has 5 nitrogen and oxygen atoms in total. The molecule has 2 atom stereocenters. The maximum Gasteiger partial charge on any atom is 0.191 e. The van der Waals surface area contributed by atoms with Crippen molar-refractivity contribution < 1.29 is 0 Å². The highest BCUT2D eigenvalue weighted by Gasteiger charge is 2.22. The van der Waals surface area contributed by atoms with Crippen molar-refractivity contribution >= 4 is 41.7 Å². The number of guanidine groups is 1. The van der Waals surface area contributed by atoms with Gasteiger partial charge in [0.05, 0.1) is 6.54 Å². The van der Waals surface area contributed by atoms with Gasteiger partial charge in [-0.15, -0.1) is 24.0 Å². The van der Waals surface area contributed by atoms with E-state index < -0.39 is 0 Å². The van der Waals surface area contributed by atoms with Crippen molar-refractivity contribution in [3.63, 3.8) is 0 Å². The standard InChI is InChI=1S/C21H31N5S.HI/c1-3-27-19-11-7-10-18(14-19)25-21(22-2)24-15-20-23-12-13-26(20)16-17-8-5-4-6-9-17;/h4-6,8-9,12-13,18-19H,3,7,10-11,14-16H2,1-2H3,(H2,22,24,25);1H. The fourth-order valence-corrected chi connectivity index (χ4v) is 4.82. The molecule has 28 heavy (non-hydrogen) atoms. The molecule has 1 aromatic carbocycles. The molecule has 0 aliphatic heterocycles. The molecule has 2 N–H and O–H groups in total. The first kappa shape index (κ1) is 23.1. The summed E-state index contributed by atoms with van der Waals surface area (Å²) in [6.45, 7) is 3.75. The molecule has 1 aromatic heterocycles. The third-order valence-corrected chi connectivity index (χ3v) is 6.24. The Hall–Kier alpha value is -1.22. The molecule has 1 fully saturated rings. The summed E-state index contributed by atoms with van der Waals surface area (Å²) in [4.78, 5) is 8.93. The Bertz CT molecular complexity index is 717. The lowest BCUT2D eigenvalue weighted by atomic mass is 9.95. The number of halogens is 1. The van der Waals surface area contributed by atoms with Gasteiger partial charge in [-0.1, -0.05) is 43.7 Å². The average molecular weight is 513 g/mol. The number of hydrogen-bond acceptors (Lipinski definition) is 3. The second-order valence-electron chi connectivity index (χ2n) is 6.97. The minimum atomic E-state index is 0. The summed E-state index contributed by atoms with van der Waals surface area (Å²) in [6, 6.07) is 11.0. The highest BCUT2D eigenvalue weighted by molar-refractivity contribution is 14.0. The lowest BCUT2D eigenvalue weighted by Gasteiger charge is -2.30. The van der Waals surface area contributed by atoms with Crippen LogP contribution in [0.5, 0.6) is 0 Å². The van der Waals surface area contributed by atoms with Crippen molar-refractivity contribution in [1.82, 2.24) is 20.2 Å². The van der Waals surface area contributed by atoms with Crippen molar-refractivity contribution in [2.45, 2.75) is 57.0 Å². The smallest absolute Gasteiger partial charge is 0.191 e. The Morgan fingerprint density at radius 3 is 2.86 bits per heavy atom. The van der Waals surface area contributed by atoms with Crippen LogP contribution in [-0.4, -0.2) is 39.6 Å². The summed E-state index contributed by atoms with van der Waals surface area (Å²) >= 11 is 2.09. The molecule has 2 aromatic rings. The molecule has 0 bridgehead atoms. The van der Waals surface area contributed by atoms with Crippen molar-refractivity contribution in [1.29, 1.82) is 0 Å². The molecule has 7 heteroatoms. The molecule has 0 saturated heterocycles. The summed E-state index contributed by atoms with van der Waals surface area (Å²) in [6.07, 6.45) is 9.00. The number of nitrogens with zero attached hydrogens (tertiary/aromatic N) is 3. The minimum absolute atomic E-state index is 0. The van der Waals surface area contributed by atoms with Crippen molar-refractivity contribution in [2.24, 2.45) is 4.99 Å². The Labute approximate surface area is 190 Å². The van der Waals surface area contributed by atoms with Crippen LogP contribution in [0, 0.1) is 0 Å². The van der Waals surface area contributed by atoms with Crippen molar-refractivity contribution in [3.05, 3.63) is 54.1 Å². The second kappa shape index (κ2) is 12.4. The van der Waals surface area contributed by atoms with Crippen LogP contribution < -0.4 is 10.6 Å². The molecular formula is C21H32IN5S. The molecule has 3 rings (SSSR count). The number of aliphatic imine (C=N–C) groups is 1. The van der Waals surface area contributed by atoms with Gasteiger partial charge in [0.25, 0.3) is 0 Å². The molecule has 1 aliphatic rings. The van der Waals surface area contributed by atoms with Gasteiger partial charge in [0.15, 0.2) is 5.96 Å². The van der Waals surface area contributed by atoms with Gasteiger partial charge in [0, 0.05) is 37.3 Å². The van der Waals surface area contributed by atoms with Gasteiger partial charge in [-0.25, -0.2) is 4.98 Å². The predicted octanol–water partition coefficient (Wildman–Crippen LogP) is 4.28. The van der Waals surface area contributed by atoms with E-state index >= 15 is 0 Å². The highest BCUT2D eigenvalue weighted by atomic mass is 127. The Morgan fingerprint density at radius 2 is 2.11 bits per heavy atom. The zero-order valence-electron chi connectivity index (χ0n) is 16.8. The fourth-order valence-electron chi connectivity index (χ4n) is 3.65. The lowest BCUT2D eigenvalue weighted by molar-refractivity contribution is 0.418. The summed E-state index contributed by atoms with van der Waals surface area (Å²) in [7, 11) is 1.84. The molecular weight excluding hydrogens is 481 g/mol. The predicted molar refractivity (Wildman–Crippen MR) is 131 cm³/mol. The zero-order valence-corrected chi connectivity index (χ0v) is 20.0. The van der Waals surface area contributed by atoms with Gasteiger partial charge >= 0.3 is 0 Å². The van der Waals surface area contributed by atoms with Gasteiger partial charge in [0.1, 0.15) is 5.82 Å². The highest BCUT2D eigenvalue weighted by Crippen LogP contribution is 2.28. The van der Waals surface area contributed by atoms with Crippen LogP contribution in [0.25, 0.3) is 0 Å². The molecule has 0 amide bonds. The Balaban J connectivity index is 0.00000280. The summed E-state index contributed by atoms with van der Waals surface area (Å²) in [5.74, 6) is 3.09. The van der Waals surface area contributed by atoms with E-state index in [1.807, 2.05) is 25.5 Å². The van der Waals surface area contributed by atoms with E-state index in [1.165, 1.54) is 37.0 Å². The van der Waals surface area contributed by atoms with Gasteiger partial charge in [-0.05, 0) is 30.6 Å². The zero-order chi connectivity index (χ0) is 18.9. The van der Waals surface area contributed by atoms with Gasteiger partial charge in [-0.3, -0.25) is 4.99 Å². The van der Waals surface area contributed by atoms with E-state index in [1.54, 1.807) is 0 Å². The SMILES string of the molecule is CCSC1CCCC(NC(=NC)NCc2nccn2Cc2ccccc2)C1.I. The molecule has 1 saturated carbocycles. The maximum absolute atomic E-state index is 4.52. The van der Waals surface area contributed by atoms with Crippen LogP contribution in [0.15, 0.2) is 47.7 Å². The van der Waals surface area contributed by atoms with Crippen LogP contribution >= 0.6 is 35.7 Å². The van der Waals surface area contributed by atoms with E-state index in [0.717, 1.165) is 23.6 Å².